The number of guanidine groups is 1. The summed E-state index contributed by atoms with van der Waals surface area (Å²) in [5.41, 5.74) is -0.562. The van der Waals surface area contributed by atoms with Crippen molar-refractivity contribution in [1.82, 2.24) is 10.6 Å². The zero-order valence-electron chi connectivity index (χ0n) is 17.5. The maximum absolute atomic E-state index is 13.0. The zero-order valence-corrected chi connectivity index (χ0v) is 17.5. The van der Waals surface area contributed by atoms with E-state index in [2.05, 4.69) is 15.6 Å². The first kappa shape index (κ1) is 23.1. The lowest BCUT2D eigenvalue weighted by Crippen LogP contribution is -2.51. The molecule has 1 aliphatic rings. The standard InChI is InChI=1S/C22H28F3N3O3/c1-29-21(8-12-30-13-9-21)16-28-20(26-10-7-19-6-3-11-31-19)27-15-17-4-2-5-18(14-17)22(23,24)25/h2-6,11,14H,7-10,12-13,15-16H2,1H3,(H2,26,27,28). The number of nitrogens with zero attached hydrogens (tertiary/aromatic N) is 1. The van der Waals surface area contributed by atoms with E-state index in [0.29, 0.717) is 44.2 Å². The van der Waals surface area contributed by atoms with Gasteiger partial charge in [-0.05, 0) is 29.8 Å². The first-order valence-corrected chi connectivity index (χ1v) is 10.2. The number of hydrogen-bond donors (Lipinski definition) is 2. The lowest BCUT2D eigenvalue weighted by molar-refractivity contribution is -0.137. The van der Waals surface area contributed by atoms with Crippen molar-refractivity contribution in [3.05, 3.63) is 59.5 Å². The molecule has 9 heteroatoms. The van der Waals surface area contributed by atoms with Gasteiger partial charge in [0, 0.05) is 52.7 Å². The van der Waals surface area contributed by atoms with Crippen LogP contribution in [0.3, 0.4) is 0 Å². The van der Waals surface area contributed by atoms with Crippen molar-refractivity contribution in [2.75, 3.05) is 33.4 Å². The summed E-state index contributed by atoms with van der Waals surface area (Å²) in [4.78, 5) is 4.50. The summed E-state index contributed by atoms with van der Waals surface area (Å²) >= 11 is 0. The van der Waals surface area contributed by atoms with Crippen LogP contribution in [0.25, 0.3) is 0 Å². The maximum Gasteiger partial charge on any atom is 0.416 e. The third-order valence-corrected chi connectivity index (χ3v) is 5.33. The van der Waals surface area contributed by atoms with E-state index in [1.54, 1.807) is 19.4 Å². The first-order valence-electron chi connectivity index (χ1n) is 10.2. The minimum absolute atomic E-state index is 0.114. The van der Waals surface area contributed by atoms with E-state index >= 15 is 0 Å². The number of methoxy groups -OCH3 is 1. The van der Waals surface area contributed by atoms with Gasteiger partial charge in [0.25, 0.3) is 0 Å². The summed E-state index contributed by atoms with van der Waals surface area (Å²) in [7, 11) is 1.68. The molecule has 31 heavy (non-hydrogen) atoms. The minimum atomic E-state index is -4.38. The fourth-order valence-electron chi connectivity index (χ4n) is 3.39. The molecule has 0 unspecified atom stereocenters. The number of furan rings is 1. The minimum Gasteiger partial charge on any atom is -0.469 e. The second-order valence-corrected chi connectivity index (χ2v) is 7.47. The fourth-order valence-corrected chi connectivity index (χ4v) is 3.39. The second kappa shape index (κ2) is 10.7. The number of nitrogens with one attached hydrogen (secondary N) is 2. The summed E-state index contributed by atoms with van der Waals surface area (Å²) in [6.45, 7) is 2.44. The normalized spacial score (nSPS) is 16.8. The van der Waals surface area contributed by atoms with E-state index < -0.39 is 11.7 Å². The molecule has 0 atom stereocenters. The van der Waals surface area contributed by atoms with Crippen LogP contribution in [0.1, 0.15) is 29.7 Å². The average Bonchev–Trinajstić information content (AvgIpc) is 3.29. The average molecular weight is 439 g/mol. The molecule has 2 N–H and O–H groups in total. The molecular weight excluding hydrogens is 411 g/mol. The Kier molecular flexibility index (Phi) is 7.97. The van der Waals surface area contributed by atoms with Gasteiger partial charge < -0.3 is 24.5 Å². The Morgan fingerprint density at radius 1 is 1.16 bits per heavy atom. The molecule has 0 aliphatic carbocycles. The van der Waals surface area contributed by atoms with E-state index in [1.165, 1.54) is 6.07 Å². The summed E-state index contributed by atoms with van der Waals surface area (Å²) in [5, 5.41) is 6.51. The lowest BCUT2D eigenvalue weighted by Gasteiger charge is -2.36. The van der Waals surface area contributed by atoms with Crippen molar-refractivity contribution in [3.8, 4) is 0 Å². The van der Waals surface area contributed by atoms with Gasteiger partial charge in [-0.1, -0.05) is 12.1 Å². The lowest BCUT2D eigenvalue weighted by atomic mass is 9.94. The number of benzene rings is 1. The van der Waals surface area contributed by atoms with Crippen LogP contribution >= 0.6 is 0 Å². The number of rotatable bonds is 8. The summed E-state index contributed by atoms with van der Waals surface area (Å²) in [6, 6.07) is 8.92. The fraction of sp³-hybridized carbons (Fsp3) is 0.500. The van der Waals surface area contributed by atoms with E-state index in [0.717, 1.165) is 30.7 Å². The molecule has 170 valence electrons. The van der Waals surface area contributed by atoms with Crippen LogP contribution in [0.5, 0.6) is 0 Å². The van der Waals surface area contributed by atoms with Gasteiger partial charge in [0.15, 0.2) is 5.96 Å². The van der Waals surface area contributed by atoms with Crippen LogP contribution in [0.4, 0.5) is 13.2 Å². The Hall–Kier alpha value is -2.52. The molecular formula is C22H28F3N3O3. The third-order valence-electron chi connectivity index (χ3n) is 5.33. The third kappa shape index (κ3) is 7.00. The van der Waals surface area contributed by atoms with Gasteiger partial charge in [0.2, 0.25) is 0 Å². The highest BCUT2D eigenvalue weighted by Crippen LogP contribution is 2.29. The maximum atomic E-state index is 13.0. The summed E-state index contributed by atoms with van der Waals surface area (Å²) in [6.07, 6.45) is -0.603. The van der Waals surface area contributed by atoms with Crippen molar-refractivity contribution in [2.24, 2.45) is 4.99 Å². The molecule has 1 aromatic carbocycles. The number of alkyl halides is 3. The molecule has 2 aromatic rings. The van der Waals surface area contributed by atoms with Crippen LogP contribution in [-0.2, 0) is 28.6 Å². The van der Waals surface area contributed by atoms with Crippen LogP contribution in [0.2, 0.25) is 0 Å². The molecule has 1 fully saturated rings. The van der Waals surface area contributed by atoms with Gasteiger partial charge in [-0.15, -0.1) is 0 Å². The monoisotopic (exact) mass is 439 g/mol. The van der Waals surface area contributed by atoms with Gasteiger partial charge in [0.1, 0.15) is 5.76 Å². The molecule has 3 rings (SSSR count). The molecule has 0 amide bonds. The van der Waals surface area contributed by atoms with Crippen molar-refractivity contribution in [1.29, 1.82) is 0 Å². The molecule has 0 radical (unpaired) electrons. The largest absolute Gasteiger partial charge is 0.469 e. The van der Waals surface area contributed by atoms with E-state index in [4.69, 9.17) is 13.9 Å². The smallest absolute Gasteiger partial charge is 0.416 e. The SMILES string of the molecule is COC1(CNC(=NCc2cccc(C(F)(F)F)c2)NCCc2ccco2)CCOCC1. The van der Waals surface area contributed by atoms with Crippen LogP contribution in [0, 0.1) is 0 Å². The highest BCUT2D eigenvalue weighted by Gasteiger charge is 2.33. The molecule has 0 bridgehead atoms. The predicted molar refractivity (Wildman–Crippen MR) is 111 cm³/mol. The zero-order chi connectivity index (χ0) is 22.2. The van der Waals surface area contributed by atoms with Crippen LogP contribution in [-0.4, -0.2) is 45.0 Å². The predicted octanol–water partition coefficient (Wildman–Crippen LogP) is 3.77. The second-order valence-electron chi connectivity index (χ2n) is 7.47. The van der Waals surface area contributed by atoms with Gasteiger partial charge in [0.05, 0.1) is 24.0 Å². The number of ether oxygens (including phenoxy) is 2. The molecule has 6 nitrogen and oxygen atoms in total. The molecule has 2 heterocycles. The van der Waals surface area contributed by atoms with E-state index in [-0.39, 0.29) is 12.1 Å². The number of halogens is 3. The molecule has 1 saturated heterocycles. The Labute approximate surface area is 179 Å². The van der Waals surface area contributed by atoms with E-state index in [9.17, 15) is 13.2 Å². The summed E-state index contributed by atoms with van der Waals surface area (Å²) in [5.74, 6) is 1.34. The highest BCUT2D eigenvalue weighted by molar-refractivity contribution is 5.79. The molecule has 1 aliphatic heterocycles. The Morgan fingerprint density at radius 3 is 2.65 bits per heavy atom. The highest BCUT2D eigenvalue weighted by atomic mass is 19.4. The topological polar surface area (TPSA) is 68.0 Å². The molecule has 0 spiro atoms. The Morgan fingerprint density at radius 2 is 1.97 bits per heavy atom. The van der Waals surface area contributed by atoms with Crippen molar-refractivity contribution >= 4 is 5.96 Å². The number of aliphatic imine (C=N–C) groups is 1. The van der Waals surface area contributed by atoms with E-state index in [1.807, 2.05) is 12.1 Å². The quantitative estimate of drug-likeness (QED) is 0.484. The van der Waals surface area contributed by atoms with Crippen molar-refractivity contribution in [3.63, 3.8) is 0 Å². The number of hydrogen-bond acceptors (Lipinski definition) is 4. The van der Waals surface area contributed by atoms with Crippen LogP contribution in [0.15, 0.2) is 52.1 Å². The summed E-state index contributed by atoms with van der Waals surface area (Å²) < 4.78 is 55.5. The van der Waals surface area contributed by atoms with Crippen molar-refractivity contribution in [2.45, 2.75) is 37.6 Å². The van der Waals surface area contributed by atoms with Gasteiger partial charge >= 0.3 is 6.18 Å². The van der Waals surface area contributed by atoms with Gasteiger partial charge in [-0.3, -0.25) is 0 Å². The molecule has 0 saturated carbocycles. The first-order chi connectivity index (χ1) is 14.9. The van der Waals surface area contributed by atoms with Gasteiger partial charge in [-0.2, -0.15) is 13.2 Å². The molecule has 1 aromatic heterocycles. The van der Waals surface area contributed by atoms with Crippen LogP contribution < -0.4 is 10.6 Å². The Balaban J connectivity index is 1.66. The Bertz CT molecular complexity index is 832. The van der Waals surface area contributed by atoms with Gasteiger partial charge in [-0.25, -0.2) is 4.99 Å². The van der Waals surface area contributed by atoms with Crippen molar-refractivity contribution < 1.29 is 27.1 Å².